The molecule has 6 heteroatoms. The van der Waals surface area contributed by atoms with Crippen molar-refractivity contribution in [3.63, 3.8) is 0 Å². The van der Waals surface area contributed by atoms with Gasteiger partial charge in [0.2, 0.25) is 5.76 Å². The van der Waals surface area contributed by atoms with E-state index in [1.165, 1.54) is 0 Å². The van der Waals surface area contributed by atoms with Gasteiger partial charge in [0, 0.05) is 23.5 Å². The van der Waals surface area contributed by atoms with Crippen LogP contribution in [0.4, 0.5) is 0 Å². The Bertz CT molecular complexity index is 1420. The Morgan fingerprint density at radius 2 is 1.76 bits per heavy atom. The monoisotopic (exact) mass is 460 g/mol. The van der Waals surface area contributed by atoms with Crippen molar-refractivity contribution in [2.45, 2.75) is 19.9 Å². The summed E-state index contributed by atoms with van der Waals surface area (Å²) in [7, 11) is 0. The molecule has 0 fully saturated rings. The highest BCUT2D eigenvalue weighted by Crippen LogP contribution is 2.39. The predicted molar refractivity (Wildman–Crippen MR) is 132 cm³/mol. The van der Waals surface area contributed by atoms with Gasteiger partial charge in [-0.3, -0.25) is 9.59 Å². The van der Waals surface area contributed by atoms with E-state index in [2.05, 4.69) is 18.7 Å². The molecule has 1 amide bonds. The van der Waals surface area contributed by atoms with Crippen LogP contribution in [0.2, 0.25) is 5.02 Å². The molecule has 5 nitrogen and oxygen atoms in total. The van der Waals surface area contributed by atoms with Gasteiger partial charge in [0.15, 0.2) is 5.43 Å². The van der Waals surface area contributed by atoms with Crippen molar-refractivity contribution in [1.29, 1.82) is 0 Å². The Morgan fingerprint density at radius 3 is 2.52 bits per heavy atom. The third kappa shape index (κ3) is 3.62. The van der Waals surface area contributed by atoms with E-state index in [4.69, 9.17) is 16.0 Å². The SMILES string of the molecule is CCN(CC)CCN1C(=O)c2oc3c(ccc4ccccc43)c(=O)c2C1c1cccc(Cl)c1. The highest BCUT2D eigenvalue weighted by Gasteiger charge is 2.42. The highest BCUT2D eigenvalue weighted by atomic mass is 35.5. The summed E-state index contributed by atoms with van der Waals surface area (Å²) in [5.74, 6) is -0.123. The zero-order chi connectivity index (χ0) is 23.1. The summed E-state index contributed by atoms with van der Waals surface area (Å²) in [5.41, 5.74) is 1.49. The number of hydrogen-bond donors (Lipinski definition) is 0. The molecule has 0 N–H and O–H groups in total. The topological polar surface area (TPSA) is 53.8 Å². The van der Waals surface area contributed by atoms with E-state index in [1.54, 1.807) is 17.0 Å². The molecule has 1 aromatic heterocycles. The van der Waals surface area contributed by atoms with E-state index >= 15 is 0 Å². The molecule has 0 spiro atoms. The second-order valence-corrected chi connectivity index (χ2v) is 8.76. The number of halogens is 1. The third-order valence-corrected chi connectivity index (χ3v) is 6.81. The zero-order valence-corrected chi connectivity index (χ0v) is 19.4. The first-order valence-corrected chi connectivity index (χ1v) is 11.7. The molecule has 0 aliphatic carbocycles. The summed E-state index contributed by atoms with van der Waals surface area (Å²) in [4.78, 5) is 31.4. The van der Waals surface area contributed by atoms with Gasteiger partial charge < -0.3 is 14.2 Å². The summed E-state index contributed by atoms with van der Waals surface area (Å²) < 4.78 is 6.24. The normalized spacial score (nSPS) is 15.7. The fourth-order valence-electron chi connectivity index (χ4n) is 4.79. The maximum atomic E-state index is 13.8. The van der Waals surface area contributed by atoms with Crippen molar-refractivity contribution in [1.82, 2.24) is 9.80 Å². The van der Waals surface area contributed by atoms with Crippen LogP contribution >= 0.6 is 11.6 Å². The Kier molecular flexibility index (Phi) is 5.69. The van der Waals surface area contributed by atoms with Gasteiger partial charge in [0.1, 0.15) is 5.58 Å². The average Bonchev–Trinajstić information content (AvgIpc) is 3.11. The summed E-state index contributed by atoms with van der Waals surface area (Å²) in [5, 5.41) is 2.83. The number of fused-ring (bicyclic) bond motifs is 4. The lowest BCUT2D eigenvalue weighted by molar-refractivity contribution is 0.0708. The number of rotatable bonds is 6. The maximum absolute atomic E-state index is 13.8. The standard InChI is InChI=1S/C27H25ClN2O3/c1-3-29(4-2)14-15-30-23(18-9-7-10-19(28)16-18)22-24(31)21-13-12-17-8-5-6-11-20(17)25(21)33-26(22)27(30)32/h5-13,16,23H,3-4,14-15H2,1-2H3. The lowest BCUT2D eigenvalue weighted by atomic mass is 9.97. The Morgan fingerprint density at radius 1 is 0.970 bits per heavy atom. The van der Waals surface area contributed by atoms with Gasteiger partial charge >= 0.3 is 0 Å². The molecule has 0 saturated carbocycles. The van der Waals surface area contributed by atoms with Crippen molar-refractivity contribution in [3.8, 4) is 0 Å². The lowest BCUT2D eigenvalue weighted by Gasteiger charge is -2.28. The number of likely N-dealkylation sites (N-methyl/N-ethyl adjacent to an activating group) is 1. The van der Waals surface area contributed by atoms with E-state index in [1.807, 2.05) is 48.5 Å². The van der Waals surface area contributed by atoms with Crippen molar-refractivity contribution in [3.05, 3.63) is 92.8 Å². The van der Waals surface area contributed by atoms with Gasteiger partial charge in [-0.2, -0.15) is 0 Å². The smallest absolute Gasteiger partial charge is 0.290 e. The van der Waals surface area contributed by atoms with Crippen LogP contribution in [-0.4, -0.2) is 41.9 Å². The molecular formula is C27H25ClN2O3. The van der Waals surface area contributed by atoms with Gasteiger partial charge in [-0.1, -0.05) is 67.9 Å². The minimum Gasteiger partial charge on any atom is -0.450 e. The lowest BCUT2D eigenvalue weighted by Crippen LogP contribution is -2.37. The molecule has 4 aromatic rings. The van der Waals surface area contributed by atoms with Crippen molar-refractivity contribution in [2.75, 3.05) is 26.2 Å². The molecule has 1 atom stereocenters. The molecule has 1 unspecified atom stereocenters. The van der Waals surface area contributed by atoms with Crippen LogP contribution in [0.3, 0.4) is 0 Å². The molecule has 1 aliphatic heterocycles. The van der Waals surface area contributed by atoms with E-state index in [0.29, 0.717) is 34.6 Å². The van der Waals surface area contributed by atoms with E-state index in [9.17, 15) is 9.59 Å². The second kappa shape index (κ2) is 8.65. The van der Waals surface area contributed by atoms with Crippen LogP contribution in [-0.2, 0) is 0 Å². The Labute approximate surface area is 197 Å². The van der Waals surface area contributed by atoms with Gasteiger partial charge in [-0.25, -0.2) is 0 Å². The van der Waals surface area contributed by atoms with E-state index in [0.717, 1.165) is 29.4 Å². The number of carbonyl (C=O) groups excluding carboxylic acids is 1. The second-order valence-electron chi connectivity index (χ2n) is 8.32. The fraction of sp³-hybridized carbons (Fsp3) is 0.259. The summed E-state index contributed by atoms with van der Waals surface area (Å²) in [6, 6.07) is 18.3. The molecular weight excluding hydrogens is 436 g/mol. The van der Waals surface area contributed by atoms with Crippen LogP contribution in [0.15, 0.2) is 69.9 Å². The Balaban J connectivity index is 1.72. The van der Waals surface area contributed by atoms with Crippen molar-refractivity contribution < 1.29 is 9.21 Å². The third-order valence-electron chi connectivity index (χ3n) is 6.57. The first kappa shape index (κ1) is 21.7. The first-order chi connectivity index (χ1) is 16.0. The van der Waals surface area contributed by atoms with Crippen LogP contribution < -0.4 is 5.43 Å². The van der Waals surface area contributed by atoms with Crippen LogP contribution in [0.25, 0.3) is 21.7 Å². The van der Waals surface area contributed by atoms with Crippen molar-refractivity contribution in [2.24, 2.45) is 0 Å². The van der Waals surface area contributed by atoms with Gasteiger partial charge in [-0.05, 0) is 42.2 Å². The zero-order valence-electron chi connectivity index (χ0n) is 18.7. The number of carbonyl (C=O) groups is 1. The maximum Gasteiger partial charge on any atom is 0.290 e. The van der Waals surface area contributed by atoms with Gasteiger partial charge in [-0.15, -0.1) is 0 Å². The molecule has 5 rings (SSSR count). The Hall–Kier alpha value is -3.15. The van der Waals surface area contributed by atoms with Gasteiger partial charge in [0.05, 0.1) is 17.0 Å². The minimum absolute atomic E-state index is 0.133. The van der Waals surface area contributed by atoms with Crippen LogP contribution in [0.5, 0.6) is 0 Å². The average molecular weight is 461 g/mol. The molecule has 2 heterocycles. The number of amides is 1. The molecule has 3 aromatic carbocycles. The largest absolute Gasteiger partial charge is 0.450 e. The molecule has 0 radical (unpaired) electrons. The number of benzene rings is 3. The molecule has 33 heavy (non-hydrogen) atoms. The number of hydrogen-bond acceptors (Lipinski definition) is 4. The number of nitrogens with zero attached hydrogens (tertiary/aromatic N) is 2. The molecule has 168 valence electrons. The summed E-state index contributed by atoms with van der Waals surface area (Å²) in [6.07, 6.45) is 0. The highest BCUT2D eigenvalue weighted by molar-refractivity contribution is 6.30. The van der Waals surface area contributed by atoms with Crippen molar-refractivity contribution >= 4 is 39.2 Å². The minimum atomic E-state index is -0.533. The molecule has 0 saturated heterocycles. The predicted octanol–water partition coefficient (Wildman–Crippen LogP) is 5.49. The summed E-state index contributed by atoms with van der Waals surface area (Å²) in [6.45, 7) is 7.17. The first-order valence-electron chi connectivity index (χ1n) is 11.3. The molecule has 0 bridgehead atoms. The quantitative estimate of drug-likeness (QED) is 0.357. The van der Waals surface area contributed by atoms with Crippen LogP contribution in [0.1, 0.15) is 41.6 Å². The van der Waals surface area contributed by atoms with Crippen LogP contribution in [0, 0.1) is 0 Å². The molecule has 1 aliphatic rings. The van der Waals surface area contributed by atoms with E-state index < -0.39 is 6.04 Å². The van der Waals surface area contributed by atoms with E-state index in [-0.39, 0.29) is 17.1 Å². The fourth-order valence-corrected chi connectivity index (χ4v) is 4.99. The van der Waals surface area contributed by atoms with Gasteiger partial charge in [0.25, 0.3) is 5.91 Å². The summed E-state index contributed by atoms with van der Waals surface area (Å²) >= 11 is 6.29.